The number of carbonyl (C=O) groups excluding carboxylic acids is 2. The Balaban J connectivity index is 1.20. The van der Waals surface area contributed by atoms with Gasteiger partial charge in [-0.25, -0.2) is 14.4 Å². The lowest BCUT2D eigenvalue weighted by molar-refractivity contribution is -0.154. The van der Waals surface area contributed by atoms with E-state index in [1.807, 2.05) is 60.4 Å². The van der Waals surface area contributed by atoms with Crippen LogP contribution < -0.4 is 16.6 Å². The predicted octanol–water partition coefficient (Wildman–Crippen LogP) is 1.05. The van der Waals surface area contributed by atoms with Gasteiger partial charge in [0, 0.05) is 5.92 Å². The van der Waals surface area contributed by atoms with Crippen molar-refractivity contribution < 1.29 is 34.0 Å². The quantitative estimate of drug-likeness (QED) is 0.267. The van der Waals surface area contributed by atoms with Crippen LogP contribution in [0.2, 0.25) is 0 Å². The smallest absolute Gasteiger partial charge is 0.407 e. The molecule has 1 fully saturated rings. The van der Waals surface area contributed by atoms with E-state index < -0.39 is 60.5 Å². The van der Waals surface area contributed by atoms with Gasteiger partial charge in [0.25, 0.3) is 5.56 Å². The van der Waals surface area contributed by atoms with E-state index in [-0.39, 0.29) is 18.4 Å². The number of rotatable bonds is 9. The Bertz CT molecular complexity index is 1530. The van der Waals surface area contributed by atoms with E-state index in [2.05, 4.69) is 10.4 Å². The second-order valence-corrected chi connectivity index (χ2v) is 10.4. The molecular weight excluding hydrogens is 548 g/mol. The Kier molecular flexibility index (Phi) is 8.52. The fourth-order valence-corrected chi connectivity index (χ4v) is 5.30. The predicted molar refractivity (Wildman–Crippen MR) is 147 cm³/mol. The summed E-state index contributed by atoms with van der Waals surface area (Å²) in [6.45, 7) is 3.21. The highest BCUT2D eigenvalue weighted by atomic mass is 16.6. The maximum Gasteiger partial charge on any atom is 0.407 e. The van der Waals surface area contributed by atoms with Crippen molar-refractivity contribution in [1.29, 1.82) is 0 Å². The Labute approximate surface area is 240 Å². The van der Waals surface area contributed by atoms with Crippen LogP contribution in [0, 0.1) is 5.92 Å². The molecule has 2 aliphatic rings. The second-order valence-electron chi connectivity index (χ2n) is 10.4. The molecule has 6 atom stereocenters. The molecule has 0 spiro atoms. The second kappa shape index (κ2) is 12.3. The molecule has 13 nitrogen and oxygen atoms in total. The molecular formula is C29H32N4O9. The molecule has 0 unspecified atom stereocenters. The molecule has 1 amide bonds. The highest BCUT2D eigenvalue weighted by Crippen LogP contribution is 2.44. The van der Waals surface area contributed by atoms with Crippen LogP contribution in [0.15, 0.2) is 64.3 Å². The van der Waals surface area contributed by atoms with Gasteiger partial charge >= 0.3 is 17.8 Å². The molecule has 13 heteroatoms. The number of ether oxygens (including phenoxy) is 3. The first kappa shape index (κ1) is 29.2. The van der Waals surface area contributed by atoms with Crippen molar-refractivity contribution >= 4 is 12.1 Å². The third-order valence-electron chi connectivity index (χ3n) is 7.79. The molecule has 1 aliphatic heterocycles. The molecule has 2 aromatic carbocycles. The van der Waals surface area contributed by atoms with Crippen LogP contribution in [-0.4, -0.2) is 74.6 Å². The van der Waals surface area contributed by atoms with Gasteiger partial charge in [0.1, 0.15) is 43.8 Å². The van der Waals surface area contributed by atoms with Crippen molar-refractivity contribution in [3.8, 4) is 11.1 Å². The van der Waals surface area contributed by atoms with Gasteiger partial charge in [0.15, 0.2) is 6.23 Å². The molecule has 3 aromatic rings. The van der Waals surface area contributed by atoms with E-state index in [0.29, 0.717) is 11.1 Å². The van der Waals surface area contributed by atoms with Crippen molar-refractivity contribution in [3.63, 3.8) is 0 Å². The number of amides is 1. The van der Waals surface area contributed by atoms with Crippen LogP contribution in [0.4, 0.5) is 4.79 Å². The normalized spacial score (nSPS) is 22.6. The van der Waals surface area contributed by atoms with E-state index in [1.165, 1.54) is 0 Å². The minimum absolute atomic E-state index is 0.0711. The Morgan fingerprint density at radius 2 is 1.67 bits per heavy atom. The number of benzene rings is 2. The van der Waals surface area contributed by atoms with Gasteiger partial charge in [0.05, 0.1) is 0 Å². The van der Waals surface area contributed by atoms with Crippen LogP contribution >= 0.6 is 0 Å². The molecule has 0 saturated carbocycles. The fraction of sp³-hybridized carbons (Fsp3) is 0.414. The summed E-state index contributed by atoms with van der Waals surface area (Å²) in [6.07, 6.45) is -5.17. The van der Waals surface area contributed by atoms with E-state index in [0.717, 1.165) is 28.5 Å². The maximum absolute atomic E-state index is 13.1. The third-order valence-corrected chi connectivity index (χ3v) is 7.79. The van der Waals surface area contributed by atoms with Crippen molar-refractivity contribution in [3.05, 3.63) is 86.7 Å². The summed E-state index contributed by atoms with van der Waals surface area (Å²) >= 11 is 0. The van der Waals surface area contributed by atoms with Crippen LogP contribution in [-0.2, 0) is 19.0 Å². The molecule has 1 aromatic heterocycles. The average molecular weight is 581 g/mol. The van der Waals surface area contributed by atoms with E-state index in [4.69, 9.17) is 14.2 Å². The number of hydrogen-bond donors (Lipinski definition) is 4. The number of nitrogens with one attached hydrogen (secondary N) is 2. The molecule has 1 aliphatic carbocycles. The zero-order chi connectivity index (χ0) is 30.0. The Morgan fingerprint density at radius 1 is 1.02 bits per heavy atom. The molecule has 42 heavy (non-hydrogen) atoms. The van der Waals surface area contributed by atoms with E-state index in [9.17, 15) is 29.4 Å². The SMILES string of the molecule is CC[C@H](C)[C@H](NC(=O)OCC1c2ccccc2-c2ccccc21)C(=O)OC[C@H]1O[C@@H](n2ncc(=O)[nH]c2=O)[C@H](O)[C@@H]1O. The number of aromatic nitrogens is 3. The first-order valence-electron chi connectivity index (χ1n) is 13.7. The lowest BCUT2D eigenvalue weighted by Crippen LogP contribution is -2.47. The first-order valence-corrected chi connectivity index (χ1v) is 13.7. The number of H-pyrrole nitrogens is 1. The van der Waals surface area contributed by atoms with Crippen LogP contribution in [0.1, 0.15) is 43.5 Å². The summed E-state index contributed by atoms with van der Waals surface area (Å²) in [5.41, 5.74) is 2.61. The largest absolute Gasteiger partial charge is 0.461 e. The first-order chi connectivity index (χ1) is 20.2. The Hall–Kier alpha value is -4.33. The summed E-state index contributed by atoms with van der Waals surface area (Å²) in [5.74, 6) is -1.26. The van der Waals surface area contributed by atoms with Crippen molar-refractivity contribution in [2.45, 2.75) is 56.8 Å². The van der Waals surface area contributed by atoms with Crippen molar-refractivity contribution in [2.24, 2.45) is 5.92 Å². The maximum atomic E-state index is 13.1. The molecule has 4 N–H and O–H groups in total. The van der Waals surface area contributed by atoms with Gasteiger partial charge in [0.2, 0.25) is 0 Å². The number of alkyl carbamates (subject to hydrolysis) is 1. The van der Waals surface area contributed by atoms with E-state index >= 15 is 0 Å². The zero-order valence-electron chi connectivity index (χ0n) is 23.0. The number of aromatic amines is 1. The summed E-state index contributed by atoms with van der Waals surface area (Å²) in [5, 5.41) is 27.1. The summed E-state index contributed by atoms with van der Waals surface area (Å²) in [7, 11) is 0. The van der Waals surface area contributed by atoms with Gasteiger partial charge in [-0.1, -0.05) is 68.8 Å². The molecule has 2 heterocycles. The minimum atomic E-state index is -1.59. The molecule has 0 radical (unpaired) electrons. The molecule has 222 valence electrons. The summed E-state index contributed by atoms with van der Waals surface area (Å²) in [6, 6.07) is 14.8. The third kappa shape index (κ3) is 5.71. The molecule has 1 saturated heterocycles. The number of nitrogens with zero attached hydrogens (tertiary/aromatic N) is 2. The Morgan fingerprint density at radius 3 is 2.29 bits per heavy atom. The monoisotopic (exact) mass is 580 g/mol. The molecule has 5 rings (SSSR count). The lowest BCUT2D eigenvalue weighted by atomic mass is 9.98. The van der Waals surface area contributed by atoms with Gasteiger partial charge in [-0.15, -0.1) is 0 Å². The topological polar surface area (TPSA) is 182 Å². The number of fused-ring (bicyclic) bond motifs is 3. The van der Waals surface area contributed by atoms with Crippen LogP contribution in [0.25, 0.3) is 11.1 Å². The number of aliphatic hydroxyl groups is 2. The summed E-state index contributed by atoms with van der Waals surface area (Å²) in [4.78, 5) is 51.2. The fourth-order valence-electron chi connectivity index (χ4n) is 5.30. The molecule has 0 bridgehead atoms. The number of carbonyl (C=O) groups is 2. The average Bonchev–Trinajstić information content (AvgIpc) is 3.46. The number of hydrogen-bond acceptors (Lipinski definition) is 10. The van der Waals surface area contributed by atoms with E-state index in [1.54, 1.807) is 6.92 Å². The van der Waals surface area contributed by atoms with Gasteiger partial charge in [-0.3, -0.25) is 9.78 Å². The number of esters is 1. The minimum Gasteiger partial charge on any atom is -0.461 e. The van der Waals surface area contributed by atoms with Crippen molar-refractivity contribution in [2.75, 3.05) is 13.2 Å². The zero-order valence-corrected chi connectivity index (χ0v) is 23.0. The standard InChI is InChI=1S/C29H32N4O9/c1-3-15(2)23(27(37)40-14-21-24(35)25(36)26(42-21)33-28(38)31-22(34)12-30-33)32-29(39)41-13-20-18-10-6-4-8-16(18)17-9-5-7-11-19(17)20/h4-12,15,20-21,23-26,35-36H,3,13-14H2,1-2H3,(H,32,39)(H,31,34,38)/t15-,21+,23-,24+,25+,26+/m0/s1. The lowest BCUT2D eigenvalue weighted by Gasteiger charge is -2.24. The highest BCUT2D eigenvalue weighted by molar-refractivity contribution is 5.82. The highest BCUT2D eigenvalue weighted by Gasteiger charge is 2.45. The van der Waals surface area contributed by atoms with Crippen LogP contribution in [0.5, 0.6) is 0 Å². The van der Waals surface area contributed by atoms with Gasteiger partial charge < -0.3 is 29.7 Å². The van der Waals surface area contributed by atoms with Gasteiger partial charge in [-0.2, -0.15) is 9.78 Å². The van der Waals surface area contributed by atoms with Crippen LogP contribution in [0.3, 0.4) is 0 Å². The summed E-state index contributed by atoms with van der Waals surface area (Å²) < 4.78 is 17.2. The number of aliphatic hydroxyl groups excluding tert-OH is 2. The van der Waals surface area contributed by atoms with Gasteiger partial charge in [-0.05, 0) is 28.2 Å². The van der Waals surface area contributed by atoms with Crippen molar-refractivity contribution in [1.82, 2.24) is 20.1 Å².